The Labute approximate surface area is 326 Å². The van der Waals surface area contributed by atoms with Crippen LogP contribution in [0.4, 0.5) is 0 Å². The molecule has 0 aliphatic carbocycles. The quantitative estimate of drug-likeness (QED) is 0.170. The summed E-state index contributed by atoms with van der Waals surface area (Å²) in [5, 5.41) is 10.7. The van der Waals surface area contributed by atoms with Crippen molar-refractivity contribution in [1.82, 2.24) is 19.1 Å². The Morgan fingerprint density at radius 2 is 0.982 bits per heavy atom. The third-order valence-electron chi connectivity index (χ3n) is 11.9. The molecule has 13 rings (SSSR count). The summed E-state index contributed by atoms with van der Waals surface area (Å²) in [6, 6.07) is 65.1. The summed E-state index contributed by atoms with van der Waals surface area (Å²) in [7, 11) is 0. The van der Waals surface area contributed by atoms with Gasteiger partial charge in [0.15, 0.2) is 0 Å². The molecule has 5 nitrogen and oxygen atoms in total. The number of rotatable bonds is 3. The van der Waals surface area contributed by atoms with E-state index in [1.165, 1.54) is 48.9 Å². The first-order chi connectivity index (χ1) is 28.2. The average molecular weight is 727 g/mol. The van der Waals surface area contributed by atoms with E-state index in [1.54, 1.807) is 0 Å². The summed E-state index contributed by atoms with van der Waals surface area (Å²) in [4.78, 5) is 10.5. The second-order valence-electron chi connectivity index (χ2n) is 15.0. The molecule has 57 heavy (non-hydrogen) atoms. The predicted molar refractivity (Wildman–Crippen MR) is 234 cm³/mol. The first kappa shape index (κ1) is 30.6. The minimum Gasteiger partial charge on any atom is -0.456 e. The van der Waals surface area contributed by atoms with Crippen LogP contribution < -0.4 is 4.74 Å². The standard InChI is InChI=1S/C52H30N4O/c1-2-11-36-31(10-1)20-21-32-22-25-35(30-40(32)36)55-44-16-6-3-12-37(44)41-28-33(23-26-46(41)55)34-24-27-47-42(29-34)38-13-4-7-17-45(38)56(47)52-53-43-15-9-19-49-50(43)51(54-52)39-14-5-8-18-48(39)57-49/h1-30H. The van der Waals surface area contributed by atoms with Crippen LogP contribution in [0.3, 0.4) is 0 Å². The maximum Gasteiger partial charge on any atom is 0.235 e. The SMILES string of the molecule is c1ccc2c(c1)Oc1cccc3nc(-n4c5ccccc5c5cc(-c6ccc7c(c6)c6ccccc6n7-c6ccc7ccc8ccccc8c7c6)ccc54)nc-2c13. The number of nitrogens with zero attached hydrogens (tertiary/aromatic N) is 4. The van der Waals surface area contributed by atoms with Crippen LogP contribution in [0, 0.1) is 0 Å². The molecular weight excluding hydrogens is 697 g/mol. The van der Waals surface area contributed by atoms with Crippen molar-refractivity contribution in [3.8, 4) is 45.5 Å². The van der Waals surface area contributed by atoms with Crippen molar-refractivity contribution in [3.63, 3.8) is 0 Å². The van der Waals surface area contributed by atoms with Gasteiger partial charge >= 0.3 is 0 Å². The van der Waals surface area contributed by atoms with Gasteiger partial charge in [-0.2, -0.15) is 0 Å². The van der Waals surface area contributed by atoms with Gasteiger partial charge in [0.1, 0.15) is 11.5 Å². The van der Waals surface area contributed by atoms with Crippen LogP contribution in [0.25, 0.3) is 110 Å². The van der Waals surface area contributed by atoms with Gasteiger partial charge in [0, 0.05) is 32.8 Å². The van der Waals surface area contributed by atoms with Crippen molar-refractivity contribution >= 4 is 76.1 Å². The lowest BCUT2D eigenvalue weighted by Crippen LogP contribution is -2.06. The minimum absolute atomic E-state index is 0.640. The van der Waals surface area contributed by atoms with Crippen molar-refractivity contribution in [3.05, 3.63) is 182 Å². The number of fused-ring (bicyclic) bond motifs is 11. The molecule has 0 N–H and O–H groups in total. The van der Waals surface area contributed by atoms with Crippen molar-refractivity contribution < 1.29 is 4.74 Å². The van der Waals surface area contributed by atoms with E-state index in [0.717, 1.165) is 66.7 Å². The minimum atomic E-state index is 0.640. The van der Waals surface area contributed by atoms with Crippen LogP contribution in [0.1, 0.15) is 0 Å². The molecule has 0 saturated heterocycles. The Bertz CT molecular complexity index is 3690. The number of hydrogen-bond acceptors (Lipinski definition) is 3. The summed E-state index contributed by atoms with van der Waals surface area (Å²) < 4.78 is 10.9. The van der Waals surface area contributed by atoms with Gasteiger partial charge in [-0.05, 0) is 105 Å². The van der Waals surface area contributed by atoms with Crippen molar-refractivity contribution in [2.75, 3.05) is 0 Å². The van der Waals surface area contributed by atoms with E-state index in [0.29, 0.717) is 5.95 Å². The molecule has 0 unspecified atom stereocenters. The van der Waals surface area contributed by atoms with Crippen molar-refractivity contribution in [2.45, 2.75) is 0 Å². The predicted octanol–water partition coefficient (Wildman–Crippen LogP) is 13.6. The fourth-order valence-electron chi connectivity index (χ4n) is 9.32. The van der Waals surface area contributed by atoms with Gasteiger partial charge in [0.05, 0.1) is 38.7 Å². The van der Waals surface area contributed by atoms with Crippen LogP contribution in [0.15, 0.2) is 182 Å². The molecule has 0 atom stereocenters. The van der Waals surface area contributed by atoms with Gasteiger partial charge < -0.3 is 9.30 Å². The lowest BCUT2D eigenvalue weighted by Gasteiger charge is -2.20. The normalized spacial score (nSPS) is 12.4. The molecule has 1 aliphatic heterocycles. The molecule has 0 bridgehead atoms. The first-order valence-corrected chi connectivity index (χ1v) is 19.3. The first-order valence-electron chi connectivity index (χ1n) is 19.3. The van der Waals surface area contributed by atoms with E-state index < -0.39 is 0 Å². The highest BCUT2D eigenvalue weighted by molar-refractivity contribution is 6.14. The molecule has 0 amide bonds. The number of aromatic nitrogens is 4. The van der Waals surface area contributed by atoms with E-state index >= 15 is 0 Å². The number of para-hydroxylation sites is 3. The maximum absolute atomic E-state index is 6.29. The van der Waals surface area contributed by atoms with E-state index in [9.17, 15) is 0 Å². The second-order valence-corrected chi connectivity index (χ2v) is 15.0. The van der Waals surface area contributed by atoms with Crippen LogP contribution in [-0.2, 0) is 0 Å². The Kier molecular flexibility index (Phi) is 6.10. The molecule has 264 valence electrons. The molecule has 9 aromatic carbocycles. The second kappa shape index (κ2) is 11.4. The number of ether oxygens (including phenoxy) is 1. The Hall–Kier alpha value is -7.76. The van der Waals surface area contributed by atoms with E-state index in [1.807, 2.05) is 36.4 Å². The summed E-state index contributed by atoms with van der Waals surface area (Å²) in [6.07, 6.45) is 0. The van der Waals surface area contributed by atoms with Gasteiger partial charge in [-0.1, -0.05) is 109 Å². The summed E-state index contributed by atoms with van der Waals surface area (Å²) in [5.74, 6) is 2.23. The van der Waals surface area contributed by atoms with Gasteiger partial charge in [0.25, 0.3) is 0 Å². The highest BCUT2D eigenvalue weighted by Crippen LogP contribution is 2.46. The lowest BCUT2D eigenvalue weighted by molar-refractivity contribution is 0.486. The van der Waals surface area contributed by atoms with Crippen LogP contribution >= 0.6 is 0 Å². The van der Waals surface area contributed by atoms with E-state index in [2.05, 4.69) is 155 Å². The summed E-state index contributed by atoms with van der Waals surface area (Å²) in [6.45, 7) is 0. The molecule has 3 aromatic heterocycles. The molecule has 1 aliphatic rings. The van der Waals surface area contributed by atoms with Crippen LogP contribution in [-0.4, -0.2) is 19.1 Å². The third-order valence-corrected chi connectivity index (χ3v) is 11.9. The van der Waals surface area contributed by atoms with Crippen molar-refractivity contribution in [2.24, 2.45) is 0 Å². The van der Waals surface area contributed by atoms with E-state index in [4.69, 9.17) is 14.7 Å². The van der Waals surface area contributed by atoms with E-state index in [-0.39, 0.29) is 0 Å². The zero-order valence-corrected chi connectivity index (χ0v) is 30.5. The molecule has 0 radical (unpaired) electrons. The zero-order valence-electron chi connectivity index (χ0n) is 30.5. The van der Waals surface area contributed by atoms with Gasteiger partial charge in [-0.25, -0.2) is 9.97 Å². The Morgan fingerprint density at radius 1 is 0.386 bits per heavy atom. The van der Waals surface area contributed by atoms with Gasteiger partial charge in [0.2, 0.25) is 5.95 Å². The average Bonchev–Trinajstić information content (AvgIpc) is 3.78. The molecule has 4 heterocycles. The van der Waals surface area contributed by atoms with Crippen LogP contribution in [0.5, 0.6) is 11.5 Å². The maximum atomic E-state index is 6.29. The molecule has 0 spiro atoms. The zero-order chi connectivity index (χ0) is 37.2. The fourth-order valence-corrected chi connectivity index (χ4v) is 9.32. The third kappa shape index (κ3) is 4.34. The summed E-state index contributed by atoms with van der Waals surface area (Å²) >= 11 is 0. The van der Waals surface area contributed by atoms with Crippen LogP contribution in [0.2, 0.25) is 0 Å². The smallest absolute Gasteiger partial charge is 0.235 e. The molecule has 5 heteroatoms. The molecule has 0 fully saturated rings. The van der Waals surface area contributed by atoms with Gasteiger partial charge in [-0.3, -0.25) is 4.57 Å². The lowest BCUT2D eigenvalue weighted by atomic mass is 10.0. The molecular formula is C52H30N4O. The number of hydrogen-bond donors (Lipinski definition) is 0. The Balaban J connectivity index is 0.990. The monoisotopic (exact) mass is 726 g/mol. The largest absolute Gasteiger partial charge is 0.456 e. The molecule has 12 aromatic rings. The van der Waals surface area contributed by atoms with Crippen molar-refractivity contribution in [1.29, 1.82) is 0 Å². The highest BCUT2D eigenvalue weighted by Gasteiger charge is 2.24. The topological polar surface area (TPSA) is 44.9 Å². The van der Waals surface area contributed by atoms with Gasteiger partial charge in [-0.15, -0.1) is 0 Å². The summed E-state index contributed by atoms with van der Waals surface area (Å²) in [5.41, 5.74) is 10.7. The highest BCUT2D eigenvalue weighted by atomic mass is 16.5. The fraction of sp³-hybridized carbons (Fsp3) is 0. The Morgan fingerprint density at radius 3 is 1.77 bits per heavy atom. The molecule has 0 saturated carbocycles. The number of benzene rings is 9.